The third-order valence-corrected chi connectivity index (χ3v) is 4.35. The molecule has 2 heterocycles. The van der Waals surface area contributed by atoms with Gasteiger partial charge in [-0.25, -0.2) is 9.59 Å². The molecule has 2 aliphatic rings. The number of nitro groups is 1. The molecular formula is C17H14F2N2O7. The van der Waals surface area contributed by atoms with Crippen molar-refractivity contribution in [2.45, 2.75) is 19.5 Å². The average molecular weight is 396 g/mol. The molecule has 2 aliphatic heterocycles. The van der Waals surface area contributed by atoms with E-state index in [1.165, 1.54) is 6.92 Å². The topological polar surface area (TPSA) is 117 Å². The van der Waals surface area contributed by atoms with Crippen LogP contribution < -0.4 is 10.1 Å². The maximum Gasteiger partial charge on any atom is 0.387 e. The molecule has 0 aliphatic carbocycles. The van der Waals surface area contributed by atoms with Gasteiger partial charge in [-0.1, -0.05) is 0 Å². The van der Waals surface area contributed by atoms with Gasteiger partial charge in [-0.3, -0.25) is 10.1 Å². The SMILES string of the molecule is COC(=O)C1=C(C)NC2=C(C(=O)OC2)C1c1cc([N+](=O)[O-])ccc1OC(F)F. The van der Waals surface area contributed by atoms with Gasteiger partial charge in [0.2, 0.25) is 0 Å². The highest BCUT2D eigenvalue weighted by atomic mass is 19.3. The Morgan fingerprint density at radius 3 is 2.75 bits per heavy atom. The minimum absolute atomic E-state index is 0.0226. The number of esters is 2. The van der Waals surface area contributed by atoms with E-state index < -0.39 is 40.8 Å². The number of carbonyl (C=O) groups is 2. The quantitative estimate of drug-likeness (QED) is 0.457. The molecule has 148 valence electrons. The molecule has 0 amide bonds. The summed E-state index contributed by atoms with van der Waals surface area (Å²) in [6, 6.07) is 2.96. The summed E-state index contributed by atoms with van der Waals surface area (Å²) in [7, 11) is 1.11. The summed E-state index contributed by atoms with van der Waals surface area (Å²) in [6.07, 6.45) is 0. The van der Waals surface area contributed by atoms with Crippen molar-refractivity contribution in [1.29, 1.82) is 0 Å². The Bertz CT molecular complexity index is 939. The Hall–Kier alpha value is -3.50. The van der Waals surface area contributed by atoms with Crippen LogP contribution in [0.25, 0.3) is 0 Å². The number of halogens is 2. The molecule has 0 radical (unpaired) electrons. The van der Waals surface area contributed by atoms with Crippen LogP contribution in [-0.2, 0) is 19.1 Å². The number of hydrogen-bond acceptors (Lipinski definition) is 8. The van der Waals surface area contributed by atoms with Gasteiger partial charge in [0.05, 0.1) is 34.8 Å². The minimum Gasteiger partial charge on any atom is -0.466 e. The monoisotopic (exact) mass is 396 g/mol. The number of non-ortho nitro benzene ring substituents is 1. The van der Waals surface area contributed by atoms with E-state index in [-0.39, 0.29) is 23.3 Å². The number of methoxy groups -OCH3 is 1. The lowest BCUT2D eigenvalue weighted by Crippen LogP contribution is -2.30. The first-order valence-corrected chi connectivity index (χ1v) is 7.94. The lowest BCUT2D eigenvalue weighted by molar-refractivity contribution is -0.385. The maximum atomic E-state index is 12.9. The van der Waals surface area contributed by atoms with E-state index in [9.17, 15) is 28.5 Å². The van der Waals surface area contributed by atoms with Gasteiger partial charge in [0.1, 0.15) is 12.4 Å². The third-order valence-electron chi connectivity index (χ3n) is 4.35. The number of rotatable bonds is 5. The van der Waals surface area contributed by atoms with E-state index in [1.807, 2.05) is 0 Å². The van der Waals surface area contributed by atoms with Crippen molar-refractivity contribution in [3.05, 3.63) is 56.4 Å². The zero-order valence-corrected chi connectivity index (χ0v) is 14.7. The molecule has 1 aromatic rings. The maximum absolute atomic E-state index is 12.9. The fraction of sp³-hybridized carbons (Fsp3) is 0.294. The second kappa shape index (κ2) is 7.25. The van der Waals surface area contributed by atoms with Crippen molar-refractivity contribution in [2.24, 2.45) is 0 Å². The van der Waals surface area contributed by atoms with E-state index in [4.69, 9.17) is 9.47 Å². The standard InChI is InChI=1S/C17H14F2N2O7/c1-7-12(15(22)26-2)13(14-10(20-7)6-27-16(14)23)9-5-8(21(24)25)3-4-11(9)28-17(18)19/h3-5,13,17,20H,6H2,1-2H3. The smallest absolute Gasteiger partial charge is 0.387 e. The lowest BCUT2D eigenvalue weighted by Gasteiger charge is -2.28. The van der Waals surface area contributed by atoms with Gasteiger partial charge < -0.3 is 19.5 Å². The normalized spacial score (nSPS) is 18.6. The van der Waals surface area contributed by atoms with Crippen LogP contribution in [0.3, 0.4) is 0 Å². The highest BCUT2D eigenvalue weighted by Gasteiger charge is 2.43. The highest BCUT2D eigenvalue weighted by molar-refractivity contribution is 6.01. The van der Waals surface area contributed by atoms with Gasteiger partial charge in [0, 0.05) is 23.4 Å². The van der Waals surface area contributed by atoms with Gasteiger partial charge in [0.15, 0.2) is 0 Å². The molecule has 1 unspecified atom stereocenters. The van der Waals surface area contributed by atoms with Crippen LogP contribution in [0, 0.1) is 10.1 Å². The summed E-state index contributed by atoms with van der Waals surface area (Å²) in [4.78, 5) is 35.1. The molecule has 0 bridgehead atoms. The first-order valence-electron chi connectivity index (χ1n) is 7.94. The second-order valence-electron chi connectivity index (χ2n) is 5.91. The fourth-order valence-corrected chi connectivity index (χ4v) is 3.24. The average Bonchev–Trinajstić information content (AvgIpc) is 3.00. The first kappa shape index (κ1) is 19.3. The third kappa shape index (κ3) is 3.26. The number of cyclic esters (lactones) is 1. The predicted octanol–water partition coefficient (Wildman–Crippen LogP) is 2.14. The summed E-state index contributed by atoms with van der Waals surface area (Å²) in [5.74, 6) is -3.27. The number of nitro benzene ring substituents is 1. The molecule has 1 aromatic carbocycles. The summed E-state index contributed by atoms with van der Waals surface area (Å²) < 4.78 is 40.0. The van der Waals surface area contributed by atoms with Gasteiger partial charge in [-0.2, -0.15) is 8.78 Å². The predicted molar refractivity (Wildman–Crippen MR) is 88.3 cm³/mol. The number of benzene rings is 1. The second-order valence-corrected chi connectivity index (χ2v) is 5.91. The molecule has 0 aromatic heterocycles. The first-order chi connectivity index (χ1) is 13.2. The Kier molecular flexibility index (Phi) is 4.99. The Morgan fingerprint density at radius 2 is 2.14 bits per heavy atom. The highest BCUT2D eigenvalue weighted by Crippen LogP contribution is 2.45. The minimum atomic E-state index is -3.22. The van der Waals surface area contributed by atoms with Crippen LogP contribution in [0.5, 0.6) is 5.75 Å². The van der Waals surface area contributed by atoms with E-state index in [2.05, 4.69) is 10.1 Å². The summed E-state index contributed by atoms with van der Waals surface area (Å²) >= 11 is 0. The van der Waals surface area contributed by atoms with Gasteiger partial charge in [0.25, 0.3) is 5.69 Å². The number of nitrogens with zero attached hydrogens (tertiary/aromatic N) is 1. The van der Waals surface area contributed by atoms with Crippen LogP contribution in [0.2, 0.25) is 0 Å². The molecule has 0 saturated carbocycles. The zero-order valence-electron chi connectivity index (χ0n) is 14.7. The van der Waals surface area contributed by atoms with E-state index >= 15 is 0 Å². The number of allylic oxidation sites excluding steroid dienone is 1. The zero-order chi connectivity index (χ0) is 20.6. The Morgan fingerprint density at radius 1 is 1.43 bits per heavy atom. The van der Waals surface area contributed by atoms with Crippen LogP contribution in [0.1, 0.15) is 18.4 Å². The lowest BCUT2D eigenvalue weighted by atomic mass is 9.80. The number of dihydropyridines is 1. The molecule has 9 nitrogen and oxygen atoms in total. The van der Waals surface area contributed by atoms with Gasteiger partial charge in [-0.15, -0.1) is 0 Å². The molecule has 1 atom stereocenters. The molecule has 0 fully saturated rings. The Labute approximate surface area is 156 Å². The molecule has 0 saturated heterocycles. The van der Waals surface area contributed by atoms with Crippen LogP contribution >= 0.6 is 0 Å². The Balaban J connectivity index is 2.28. The number of nitrogens with one attached hydrogen (secondary N) is 1. The van der Waals surface area contributed by atoms with Crippen molar-refractivity contribution in [2.75, 3.05) is 13.7 Å². The van der Waals surface area contributed by atoms with E-state index in [0.29, 0.717) is 11.4 Å². The molecule has 3 rings (SSSR count). The van der Waals surface area contributed by atoms with Crippen LogP contribution in [-0.4, -0.2) is 37.2 Å². The van der Waals surface area contributed by atoms with Gasteiger partial charge >= 0.3 is 18.6 Å². The molecule has 28 heavy (non-hydrogen) atoms. The molecule has 11 heteroatoms. The van der Waals surface area contributed by atoms with Crippen LogP contribution in [0.15, 0.2) is 40.7 Å². The summed E-state index contributed by atoms with van der Waals surface area (Å²) in [6.45, 7) is -1.81. The van der Waals surface area contributed by atoms with E-state index in [0.717, 1.165) is 25.3 Å². The number of hydrogen-bond donors (Lipinski definition) is 1. The number of carbonyl (C=O) groups excluding carboxylic acids is 2. The number of ether oxygens (including phenoxy) is 3. The van der Waals surface area contributed by atoms with Crippen molar-refractivity contribution >= 4 is 17.6 Å². The summed E-state index contributed by atoms with van der Waals surface area (Å²) in [5, 5.41) is 14.1. The van der Waals surface area contributed by atoms with Crippen molar-refractivity contribution in [3.8, 4) is 5.75 Å². The fourth-order valence-electron chi connectivity index (χ4n) is 3.24. The molecular weight excluding hydrogens is 382 g/mol. The summed E-state index contributed by atoms with van der Waals surface area (Å²) in [5.41, 5.74) is -0.0454. The van der Waals surface area contributed by atoms with Crippen LogP contribution in [0.4, 0.5) is 14.5 Å². The van der Waals surface area contributed by atoms with Crippen molar-refractivity contribution in [1.82, 2.24) is 5.32 Å². The van der Waals surface area contributed by atoms with Crippen molar-refractivity contribution < 1.29 is 37.5 Å². The largest absolute Gasteiger partial charge is 0.466 e. The van der Waals surface area contributed by atoms with E-state index in [1.54, 1.807) is 0 Å². The molecule has 1 N–H and O–H groups in total. The van der Waals surface area contributed by atoms with Crippen molar-refractivity contribution in [3.63, 3.8) is 0 Å². The van der Waals surface area contributed by atoms with Gasteiger partial charge in [-0.05, 0) is 13.0 Å². The molecule has 0 spiro atoms. The number of alkyl halides is 2.